The normalized spacial score (nSPS) is 10.8. The van der Waals surface area contributed by atoms with Gasteiger partial charge in [-0.05, 0) is 18.2 Å². The van der Waals surface area contributed by atoms with Crippen molar-refractivity contribution < 1.29 is 14.3 Å². The van der Waals surface area contributed by atoms with Crippen molar-refractivity contribution in [2.75, 3.05) is 0 Å². The summed E-state index contributed by atoms with van der Waals surface area (Å²) in [4.78, 5) is 10.2. The molecule has 0 saturated carbocycles. The Hall–Kier alpha value is -1.06. The first-order valence-corrected chi connectivity index (χ1v) is 4.32. The number of hydrogen-bond acceptors (Lipinski definition) is 1. The van der Waals surface area contributed by atoms with E-state index in [0.717, 1.165) is 12.2 Å². The maximum atomic E-state index is 13.3. The minimum Gasteiger partial charge on any atom is -0.478 e. The molecule has 0 atom stereocenters. The first-order valence-electron chi connectivity index (χ1n) is 3.57. The highest BCUT2D eigenvalue weighted by atomic mass is 35.5. The van der Waals surface area contributed by atoms with Crippen LogP contribution in [0, 0.1) is 5.82 Å². The molecule has 1 rings (SSSR count). The van der Waals surface area contributed by atoms with E-state index in [1.54, 1.807) is 0 Å². The van der Waals surface area contributed by atoms with Gasteiger partial charge in [0.25, 0.3) is 0 Å². The van der Waals surface area contributed by atoms with E-state index in [2.05, 4.69) is 0 Å². The fourth-order valence-corrected chi connectivity index (χ4v) is 1.22. The summed E-state index contributed by atoms with van der Waals surface area (Å²) in [5.41, 5.74) is -0.0263. The second kappa shape index (κ2) is 4.44. The van der Waals surface area contributed by atoms with E-state index in [9.17, 15) is 9.18 Å². The molecule has 0 aliphatic heterocycles. The third-order valence-electron chi connectivity index (χ3n) is 1.47. The molecule has 0 aliphatic carbocycles. The third kappa shape index (κ3) is 2.47. The number of benzene rings is 1. The van der Waals surface area contributed by atoms with E-state index < -0.39 is 11.8 Å². The topological polar surface area (TPSA) is 37.3 Å². The molecule has 1 aromatic carbocycles. The quantitative estimate of drug-likeness (QED) is 0.631. The van der Waals surface area contributed by atoms with E-state index in [-0.39, 0.29) is 15.6 Å². The van der Waals surface area contributed by atoms with Gasteiger partial charge in [-0.2, -0.15) is 0 Å². The molecule has 0 heterocycles. The summed E-state index contributed by atoms with van der Waals surface area (Å²) in [5, 5.41) is 8.36. The molecule has 0 fully saturated rings. The zero-order valence-electron chi connectivity index (χ0n) is 6.80. The van der Waals surface area contributed by atoms with E-state index in [4.69, 9.17) is 28.3 Å². The van der Waals surface area contributed by atoms with Gasteiger partial charge in [0, 0.05) is 11.6 Å². The van der Waals surface area contributed by atoms with Crippen molar-refractivity contribution in [1.29, 1.82) is 0 Å². The molecule has 1 N–H and O–H groups in total. The molecule has 0 spiro atoms. The fourth-order valence-electron chi connectivity index (χ4n) is 0.850. The van der Waals surface area contributed by atoms with Crippen LogP contribution in [0.5, 0.6) is 0 Å². The predicted octanol–water partition coefficient (Wildman–Crippen LogP) is 3.23. The van der Waals surface area contributed by atoms with Crippen molar-refractivity contribution in [1.82, 2.24) is 0 Å². The highest BCUT2D eigenvalue weighted by molar-refractivity contribution is 6.34. The molecule has 1 aromatic rings. The van der Waals surface area contributed by atoms with Gasteiger partial charge in [0.15, 0.2) is 0 Å². The van der Waals surface area contributed by atoms with Crippen LogP contribution in [0.1, 0.15) is 5.56 Å². The number of rotatable bonds is 2. The lowest BCUT2D eigenvalue weighted by Crippen LogP contribution is -1.89. The van der Waals surface area contributed by atoms with Crippen LogP contribution in [0.25, 0.3) is 6.08 Å². The summed E-state index contributed by atoms with van der Waals surface area (Å²) in [6.45, 7) is 0. The van der Waals surface area contributed by atoms with Gasteiger partial charge in [0.1, 0.15) is 5.82 Å². The van der Waals surface area contributed by atoms with Gasteiger partial charge >= 0.3 is 5.97 Å². The van der Waals surface area contributed by atoms with Crippen LogP contribution in [0.2, 0.25) is 10.0 Å². The maximum absolute atomic E-state index is 13.3. The summed E-state index contributed by atoms with van der Waals surface area (Å²) in [6.07, 6.45) is 1.85. The van der Waals surface area contributed by atoms with Crippen molar-refractivity contribution >= 4 is 35.2 Å². The summed E-state index contributed by atoms with van der Waals surface area (Å²) < 4.78 is 13.3. The van der Waals surface area contributed by atoms with Crippen molar-refractivity contribution in [2.45, 2.75) is 0 Å². The standard InChI is InChI=1S/C9H5Cl2FO2/c10-6-2-3-7(11)9(12)5(6)1-4-8(13)14/h1-4H,(H,13,14)/b4-1+. The Morgan fingerprint density at radius 1 is 1.36 bits per heavy atom. The molecule has 0 unspecified atom stereocenters. The highest BCUT2D eigenvalue weighted by Crippen LogP contribution is 2.26. The molecule has 74 valence electrons. The van der Waals surface area contributed by atoms with E-state index in [0.29, 0.717) is 0 Å². The van der Waals surface area contributed by atoms with Crippen LogP contribution in [0.15, 0.2) is 18.2 Å². The van der Waals surface area contributed by atoms with Gasteiger partial charge in [-0.15, -0.1) is 0 Å². The van der Waals surface area contributed by atoms with Gasteiger partial charge in [0.05, 0.1) is 10.0 Å². The first kappa shape index (κ1) is 11.0. The summed E-state index contributed by atoms with van der Waals surface area (Å²) in [7, 11) is 0. The van der Waals surface area contributed by atoms with Crippen LogP contribution in [-0.2, 0) is 4.79 Å². The second-order valence-corrected chi connectivity index (χ2v) is 3.24. The summed E-state index contributed by atoms with van der Waals surface area (Å²) >= 11 is 11.1. The monoisotopic (exact) mass is 234 g/mol. The van der Waals surface area contributed by atoms with Crippen LogP contribution in [0.3, 0.4) is 0 Å². The maximum Gasteiger partial charge on any atom is 0.328 e. The number of hydrogen-bond donors (Lipinski definition) is 1. The van der Waals surface area contributed by atoms with Crippen molar-refractivity contribution in [3.05, 3.63) is 39.6 Å². The number of carbonyl (C=O) groups is 1. The number of carboxylic acids is 1. The van der Waals surface area contributed by atoms with Gasteiger partial charge in [-0.25, -0.2) is 9.18 Å². The number of halogens is 3. The zero-order chi connectivity index (χ0) is 10.7. The van der Waals surface area contributed by atoms with E-state index in [1.165, 1.54) is 12.1 Å². The molecule has 5 heteroatoms. The van der Waals surface area contributed by atoms with Gasteiger partial charge in [0.2, 0.25) is 0 Å². The number of aliphatic carboxylic acids is 1. The van der Waals surface area contributed by atoms with Crippen LogP contribution in [-0.4, -0.2) is 11.1 Å². The van der Waals surface area contributed by atoms with Crippen LogP contribution < -0.4 is 0 Å². The first-order chi connectivity index (χ1) is 6.52. The highest BCUT2D eigenvalue weighted by Gasteiger charge is 2.08. The predicted molar refractivity (Wildman–Crippen MR) is 53.1 cm³/mol. The van der Waals surface area contributed by atoms with Crippen molar-refractivity contribution in [3.63, 3.8) is 0 Å². The Morgan fingerprint density at radius 3 is 2.50 bits per heavy atom. The molecule has 0 radical (unpaired) electrons. The molecule has 0 bridgehead atoms. The molecule has 0 amide bonds. The Kier molecular flexibility index (Phi) is 3.49. The SMILES string of the molecule is O=C(O)/C=C/c1c(Cl)ccc(Cl)c1F. The molecule has 0 aliphatic rings. The lowest BCUT2D eigenvalue weighted by Gasteiger charge is -2.01. The molecule has 2 nitrogen and oxygen atoms in total. The lowest BCUT2D eigenvalue weighted by atomic mass is 10.2. The summed E-state index contributed by atoms with van der Waals surface area (Å²) in [6, 6.07) is 2.70. The van der Waals surface area contributed by atoms with Crippen molar-refractivity contribution in [2.24, 2.45) is 0 Å². The fraction of sp³-hybridized carbons (Fsp3) is 0. The Morgan fingerprint density at radius 2 is 1.93 bits per heavy atom. The van der Waals surface area contributed by atoms with Crippen molar-refractivity contribution in [3.8, 4) is 0 Å². The molecule has 14 heavy (non-hydrogen) atoms. The average Bonchev–Trinajstić information content (AvgIpc) is 2.11. The summed E-state index contributed by atoms with van der Waals surface area (Å²) in [5.74, 6) is -1.91. The smallest absolute Gasteiger partial charge is 0.328 e. The average molecular weight is 235 g/mol. The lowest BCUT2D eigenvalue weighted by molar-refractivity contribution is -0.131. The van der Waals surface area contributed by atoms with Crippen LogP contribution in [0.4, 0.5) is 4.39 Å². The zero-order valence-corrected chi connectivity index (χ0v) is 8.31. The van der Waals surface area contributed by atoms with E-state index in [1.807, 2.05) is 0 Å². The molecule has 0 saturated heterocycles. The van der Waals surface area contributed by atoms with Gasteiger partial charge in [-0.1, -0.05) is 23.2 Å². The van der Waals surface area contributed by atoms with Gasteiger partial charge in [-0.3, -0.25) is 0 Å². The van der Waals surface area contributed by atoms with E-state index >= 15 is 0 Å². The third-order valence-corrected chi connectivity index (χ3v) is 2.09. The van der Waals surface area contributed by atoms with Gasteiger partial charge < -0.3 is 5.11 Å². The minimum atomic E-state index is -1.18. The number of carboxylic acid groups (broad SMARTS) is 1. The Balaban J connectivity index is 3.19. The molecule has 0 aromatic heterocycles. The minimum absolute atomic E-state index is 0.0263. The molecular formula is C9H5Cl2FO2. The Bertz CT molecular complexity index is 402. The molecular weight excluding hydrogens is 230 g/mol. The Labute approximate surface area is 89.6 Å². The van der Waals surface area contributed by atoms with Crippen LogP contribution >= 0.6 is 23.2 Å². The largest absolute Gasteiger partial charge is 0.478 e. The second-order valence-electron chi connectivity index (χ2n) is 2.43.